The zero-order chi connectivity index (χ0) is 13.9. The summed E-state index contributed by atoms with van der Waals surface area (Å²) < 4.78 is 18.9. The van der Waals surface area contributed by atoms with Crippen molar-refractivity contribution in [3.05, 3.63) is 29.6 Å². The Morgan fingerprint density at radius 3 is 2.56 bits per heavy atom. The van der Waals surface area contributed by atoms with Crippen LogP contribution in [0.25, 0.3) is 0 Å². The Morgan fingerprint density at radius 1 is 1.50 bits per heavy atom. The van der Waals surface area contributed by atoms with E-state index in [2.05, 4.69) is 0 Å². The quantitative estimate of drug-likeness (QED) is 0.506. The molecule has 0 aliphatic heterocycles. The summed E-state index contributed by atoms with van der Waals surface area (Å²) >= 11 is 0. The maximum atomic E-state index is 13.8. The molecule has 0 fully saturated rings. The highest BCUT2D eigenvalue weighted by Crippen LogP contribution is 2.28. The third-order valence-corrected chi connectivity index (χ3v) is 2.81. The summed E-state index contributed by atoms with van der Waals surface area (Å²) in [6.45, 7) is 5.58. The molecule has 0 aliphatic rings. The number of amides is 1. The molecule has 0 saturated heterocycles. The van der Waals surface area contributed by atoms with Crippen LogP contribution in [-0.4, -0.2) is 24.6 Å². The van der Waals surface area contributed by atoms with E-state index in [1.165, 1.54) is 19.2 Å². The molecule has 1 amide bonds. The van der Waals surface area contributed by atoms with Crippen LogP contribution in [0.2, 0.25) is 0 Å². The van der Waals surface area contributed by atoms with Crippen LogP contribution in [0.15, 0.2) is 18.2 Å². The van der Waals surface area contributed by atoms with Crippen molar-refractivity contribution < 1.29 is 13.9 Å². The van der Waals surface area contributed by atoms with Gasteiger partial charge in [-0.3, -0.25) is 9.80 Å². The lowest BCUT2D eigenvalue weighted by atomic mass is 9.83. The first-order valence-corrected chi connectivity index (χ1v) is 5.76. The number of ether oxygens (including phenoxy) is 1. The summed E-state index contributed by atoms with van der Waals surface area (Å²) in [5.41, 5.74) is -0.319. The minimum atomic E-state index is -0.880. The monoisotopic (exact) mass is 254 g/mol. The lowest BCUT2D eigenvalue weighted by molar-refractivity contribution is -0.135. The van der Waals surface area contributed by atoms with E-state index in [4.69, 9.17) is 10.6 Å². The van der Waals surface area contributed by atoms with Gasteiger partial charge in [0.1, 0.15) is 0 Å². The number of carbonyl (C=O) groups excluding carboxylic acids is 1. The molecule has 1 aromatic rings. The highest BCUT2D eigenvalue weighted by atomic mass is 19.1. The van der Waals surface area contributed by atoms with Crippen LogP contribution >= 0.6 is 0 Å². The molecule has 0 radical (unpaired) electrons. The molecule has 1 rings (SSSR count). The van der Waals surface area contributed by atoms with Crippen molar-refractivity contribution in [2.24, 2.45) is 5.84 Å². The van der Waals surface area contributed by atoms with Crippen molar-refractivity contribution in [3.8, 4) is 5.75 Å². The van der Waals surface area contributed by atoms with Gasteiger partial charge in [0, 0.05) is 7.05 Å². The van der Waals surface area contributed by atoms with Gasteiger partial charge in [0.25, 0.3) is 0 Å². The highest BCUT2D eigenvalue weighted by Gasteiger charge is 2.32. The van der Waals surface area contributed by atoms with E-state index in [1.54, 1.807) is 26.8 Å². The first-order valence-electron chi connectivity index (χ1n) is 5.76. The number of nitrogens with zero attached hydrogens (tertiary/aromatic N) is 1. The van der Waals surface area contributed by atoms with Crippen molar-refractivity contribution in [2.45, 2.75) is 26.2 Å². The topological polar surface area (TPSA) is 55.6 Å². The largest absolute Gasteiger partial charge is 0.491 e. The molecule has 0 aliphatic carbocycles. The lowest BCUT2D eigenvalue weighted by Gasteiger charge is -2.27. The van der Waals surface area contributed by atoms with Crippen LogP contribution in [0.5, 0.6) is 5.75 Å². The van der Waals surface area contributed by atoms with Gasteiger partial charge in [0.2, 0.25) is 5.91 Å². The van der Waals surface area contributed by atoms with E-state index in [0.717, 1.165) is 5.01 Å². The molecule has 0 spiro atoms. The second kappa shape index (κ2) is 5.35. The molecule has 0 bridgehead atoms. The third-order valence-electron chi connectivity index (χ3n) is 2.81. The fraction of sp³-hybridized carbons (Fsp3) is 0.462. The fourth-order valence-electron chi connectivity index (χ4n) is 1.73. The van der Waals surface area contributed by atoms with Crippen molar-refractivity contribution in [3.63, 3.8) is 0 Å². The van der Waals surface area contributed by atoms with Gasteiger partial charge in [-0.25, -0.2) is 10.2 Å². The van der Waals surface area contributed by atoms with E-state index < -0.39 is 11.2 Å². The zero-order valence-corrected chi connectivity index (χ0v) is 11.2. The average Bonchev–Trinajstić information content (AvgIpc) is 2.30. The zero-order valence-electron chi connectivity index (χ0n) is 11.2. The van der Waals surface area contributed by atoms with E-state index in [-0.39, 0.29) is 11.7 Å². The van der Waals surface area contributed by atoms with Crippen LogP contribution in [0.4, 0.5) is 4.39 Å². The molecule has 18 heavy (non-hydrogen) atoms. The molecule has 100 valence electrons. The van der Waals surface area contributed by atoms with Gasteiger partial charge in [-0.15, -0.1) is 0 Å². The first-order chi connectivity index (χ1) is 8.30. The molecule has 2 N–H and O–H groups in total. The summed E-state index contributed by atoms with van der Waals surface area (Å²) in [5, 5.41) is 1.01. The van der Waals surface area contributed by atoms with Gasteiger partial charge in [-0.1, -0.05) is 6.07 Å². The molecule has 0 aromatic heterocycles. The van der Waals surface area contributed by atoms with Gasteiger partial charge in [-0.2, -0.15) is 0 Å². The average molecular weight is 254 g/mol. The smallest absolute Gasteiger partial charge is 0.246 e. The minimum Gasteiger partial charge on any atom is -0.491 e. The second-order valence-corrected chi connectivity index (χ2v) is 4.62. The summed E-state index contributed by atoms with van der Waals surface area (Å²) in [4.78, 5) is 11.9. The van der Waals surface area contributed by atoms with Crippen LogP contribution in [0.1, 0.15) is 26.3 Å². The van der Waals surface area contributed by atoms with Crippen LogP contribution < -0.4 is 10.6 Å². The van der Waals surface area contributed by atoms with Crippen LogP contribution in [-0.2, 0) is 10.2 Å². The third kappa shape index (κ3) is 2.79. The van der Waals surface area contributed by atoms with E-state index >= 15 is 0 Å². The summed E-state index contributed by atoms with van der Waals surface area (Å²) in [6.07, 6.45) is 0. The van der Waals surface area contributed by atoms with Crippen molar-refractivity contribution in [2.75, 3.05) is 13.7 Å². The maximum Gasteiger partial charge on any atom is 0.246 e. The Morgan fingerprint density at radius 2 is 2.11 bits per heavy atom. The fourth-order valence-corrected chi connectivity index (χ4v) is 1.73. The van der Waals surface area contributed by atoms with Gasteiger partial charge in [0.05, 0.1) is 12.0 Å². The van der Waals surface area contributed by atoms with Crippen molar-refractivity contribution in [1.82, 2.24) is 5.01 Å². The number of rotatable bonds is 4. The number of halogens is 1. The molecular formula is C13H19FN2O2. The maximum absolute atomic E-state index is 13.8. The summed E-state index contributed by atoms with van der Waals surface area (Å²) in [6, 6.07) is 4.52. The standard InChI is InChI=1S/C13H19FN2O2/c1-5-18-11-7-6-9(8-10(11)14)13(2,3)12(17)16(4)15/h6-8H,5,15H2,1-4H3. The summed E-state index contributed by atoms with van der Waals surface area (Å²) in [5.74, 6) is 4.86. The Bertz CT molecular complexity index is 445. The number of hydrazine groups is 1. The van der Waals surface area contributed by atoms with Gasteiger partial charge in [-0.05, 0) is 38.5 Å². The van der Waals surface area contributed by atoms with Gasteiger partial charge < -0.3 is 4.74 Å². The molecule has 5 heteroatoms. The van der Waals surface area contributed by atoms with Crippen LogP contribution in [0.3, 0.4) is 0 Å². The number of benzene rings is 1. The van der Waals surface area contributed by atoms with E-state index in [9.17, 15) is 9.18 Å². The second-order valence-electron chi connectivity index (χ2n) is 4.62. The predicted octanol–water partition coefficient (Wildman–Crippen LogP) is 1.83. The molecule has 4 nitrogen and oxygen atoms in total. The number of hydrogen-bond donors (Lipinski definition) is 1. The van der Waals surface area contributed by atoms with Crippen molar-refractivity contribution in [1.29, 1.82) is 0 Å². The summed E-state index contributed by atoms with van der Waals surface area (Å²) in [7, 11) is 1.47. The Labute approximate surface area is 106 Å². The minimum absolute atomic E-state index is 0.186. The first kappa shape index (κ1) is 14.4. The molecule has 0 unspecified atom stereocenters. The van der Waals surface area contributed by atoms with Crippen LogP contribution in [0, 0.1) is 5.82 Å². The predicted molar refractivity (Wildman–Crippen MR) is 67.6 cm³/mol. The van der Waals surface area contributed by atoms with Crippen molar-refractivity contribution >= 4 is 5.91 Å². The molecular weight excluding hydrogens is 235 g/mol. The lowest BCUT2D eigenvalue weighted by Crippen LogP contribution is -2.45. The SMILES string of the molecule is CCOc1ccc(C(C)(C)C(=O)N(C)N)cc1F. The normalized spacial score (nSPS) is 11.2. The highest BCUT2D eigenvalue weighted by molar-refractivity contribution is 5.86. The Balaban J connectivity index is 3.10. The molecule has 0 heterocycles. The van der Waals surface area contributed by atoms with E-state index in [0.29, 0.717) is 12.2 Å². The molecule has 1 aromatic carbocycles. The van der Waals surface area contributed by atoms with Gasteiger partial charge >= 0.3 is 0 Å². The number of nitrogens with two attached hydrogens (primary N) is 1. The Hall–Kier alpha value is -1.62. The number of likely N-dealkylation sites (N-methyl/N-ethyl adjacent to an activating group) is 1. The number of carbonyl (C=O) groups is 1. The molecule has 0 saturated carbocycles. The number of hydrogen-bond acceptors (Lipinski definition) is 3. The van der Waals surface area contributed by atoms with E-state index in [1.807, 2.05) is 0 Å². The Kier molecular flexibility index (Phi) is 4.29. The van der Waals surface area contributed by atoms with Gasteiger partial charge in [0.15, 0.2) is 11.6 Å². The molecule has 0 atom stereocenters.